The molecule has 4 rings (SSSR count). The zero-order valence-electron chi connectivity index (χ0n) is 18.2. The molecule has 4 aromatic rings. The van der Waals surface area contributed by atoms with Gasteiger partial charge in [-0.1, -0.05) is 42.3 Å². The molecular formula is C24H20Cl2N4O4. The monoisotopic (exact) mass is 498 g/mol. The third-order valence-corrected chi connectivity index (χ3v) is 6.84. The molecule has 34 heavy (non-hydrogen) atoms. The smallest absolute Gasteiger partial charge is 0.326 e. The lowest BCUT2D eigenvalue weighted by molar-refractivity contribution is -0.158. The lowest BCUT2D eigenvalue weighted by atomic mass is 9.67. The number of halogens is 2. The van der Waals surface area contributed by atoms with Gasteiger partial charge in [-0.25, -0.2) is 4.98 Å². The van der Waals surface area contributed by atoms with Crippen molar-refractivity contribution in [3.8, 4) is 5.69 Å². The largest absolute Gasteiger partial charge is 0.480 e. The van der Waals surface area contributed by atoms with E-state index in [1.54, 1.807) is 36.7 Å². The van der Waals surface area contributed by atoms with E-state index in [2.05, 4.69) is 9.97 Å². The molecule has 0 saturated carbocycles. The summed E-state index contributed by atoms with van der Waals surface area (Å²) in [4.78, 5) is 33.7. The number of aromatic nitrogens is 3. The topological polar surface area (TPSA) is 131 Å². The van der Waals surface area contributed by atoms with Crippen molar-refractivity contribution in [3.05, 3.63) is 81.9 Å². The number of carbonyl (C=O) groups is 2. The number of benzene rings is 2. The number of aryl methyl sites for hydroxylation is 1. The van der Waals surface area contributed by atoms with E-state index in [0.717, 1.165) is 22.5 Å². The number of imidazole rings is 1. The quantitative estimate of drug-likeness (QED) is 0.256. The summed E-state index contributed by atoms with van der Waals surface area (Å²) in [6.45, 7) is 3.40. The minimum absolute atomic E-state index is 0.0113. The van der Waals surface area contributed by atoms with Crippen molar-refractivity contribution in [1.82, 2.24) is 14.5 Å². The first-order valence-electron chi connectivity index (χ1n) is 10.2. The summed E-state index contributed by atoms with van der Waals surface area (Å²) in [6.07, 6.45) is 3.34. The predicted molar refractivity (Wildman–Crippen MR) is 130 cm³/mol. The Morgan fingerprint density at radius 1 is 1.06 bits per heavy atom. The fourth-order valence-electron chi connectivity index (χ4n) is 4.37. The molecule has 0 bridgehead atoms. The normalized spacial score (nSPS) is 12.6. The van der Waals surface area contributed by atoms with Crippen LogP contribution >= 0.6 is 23.2 Å². The highest BCUT2D eigenvalue weighted by atomic mass is 35.5. The van der Waals surface area contributed by atoms with Crippen LogP contribution in [0.1, 0.15) is 29.8 Å². The molecule has 1 unspecified atom stereocenters. The third kappa shape index (κ3) is 3.55. The Balaban J connectivity index is 1.84. The maximum Gasteiger partial charge on any atom is 0.326 e. The molecule has 2 aromatic carbocycles. The van der Waals surface area contributed by atoms with E-state index >= 15 is 0 Å². The van der Waals surface area contributed by atoms with Crippen LogP contribution in [0.2, 0.25) is 10.0 Å². The fraction of sp³-hybridized carbons (Fsp3) is 0.167. The Kier molecular flexibility index (Phi) is 5.97. The highest BCUT2D eigenvalue weighted by Gasteiger charge is 2.54. The average molecular weight is 499 g/mol. The average Bonchev–Trinajstić information content (AvgIpc) is 3.12. The van der Waals surface area contributed by atoms with Gasteiger partial charge in [-0.05, 0) is 42.8 Å². The lowest BCUT2D eigenvalue weighted by Crippen LogP contribution is -2.48. The molecule has 0 radical (unpaired) electrons. The van der Waals surface area contributed by atoms with Crippen LogP contribution in [0.5, 0.6) is 0 Å². The SMILES string of the molecule is Cc1nc2cnccc2n1-c1ccc(C(C)C(C(=O)O)(C(=O)O)c2cc(Cl)c(Cl)cc2N)cc1. The standard InChI is InChI=1S/C24H20Cl2N4O4/c1-12(24(22(31)32,23(33)34)16-9-17(25)18(26)10-19(16)27)14-3-5-15(6-4-14)30-13(2)29-20-11-28-8-7-21(20)30/h3-12H,27H2,1-2H3,(H,31,32)(H,33,34). The second-order valence-corrected chi connectivity index (χ2v) is 8.76. The third-order valence-electron chi connectivity index (χ3n) is 6.12. The van der Waals surface area contributed by atoms with Gasteiger partial charge in [0.05, 0.1) is 21.8 Å². The van der Waals surface area contributed by atoms with E-state index in [4.69, 9.17) is 28.9 Å². The first kappa shape index (κ1) is 23.5. The van der Waals surface area contributed by atoms with E-state index in [9.17, 15) is 19.8 Å². The molecule has 0 amide bonds. The molecule has 0 aliphatic carbocycles. The number of hydrogen-bond acceptors (Lipinski definition) is 5. The molecule has 174 valence electrons. The van der Waals surface area contributed by atoms with Crippen LogP contribution in [0, 0.1) is 6.92 Å². The Hall–Kier alpha value is -3.62. The second-order valence-electron chi connectivity index (χ2n) is 7.94. The fourth-order valence-corrected chi connectivity index (χ4v) is 4.71. The van der Waals surface area contributed by atoms with Crippen molar-refractivity contribution in [1.29, 1.82) is 0 Å². The summed E-state index contributed by atoms with van der Waals surface area (Å²) in [5.41, 5.74) is 6.31. The molecule has 8 nitrogen and oxygen atoms in total. The Labute approximate surface area is 204 Å². The number of carboxylic acid groups (broad SMARTS) is 2. The number of carboxylic acids is 2. The van der Waals surface area contributed by atoms with Gasteiger partial charge in [-0.3, -0.25) is 19.1 Å². The second kappa shape index (κ2) is 8.62. The summed E-state index contributed by atoms with van der Waals surface area (Å²) >= 11 is 12.1. The van der Waals surface area contributed by atoms with Crippen molar-refractivity contribution in [2.24, 2.45) is 0 Å². The molecular weight excluding hydrogens is 479 g/mol. The van der Waals surface area contributed by atoms with Gasteiger partial charge >= 0.3 is 11.9 Å². The summed E-state index contributed by atoms with van der Waals surface area (Å²) in [5, 5.41) is 20.5. The highest BCUT2D eigenvalue weighted by Crippen LogP contribution is 2.44. The van der Waals surface area contributed by atoms with Crippen molar-refractivity contribution in [2.75, 3.05) is 5.73 Å². The highest BCUT2D eigenvalue weighted by molar-refractivity contribution is 6.42. The molecule has 1 atom stereocenters. The van der Waals surface area contributed by atoms with Crippen LogP contribution < -0.4 is 5.73 Å². The molecule has 0 aliphatic rings. The first-order chi connectivity index (χ1) is 16.1. The van der Waals surface area contributed by atoms with Gasteiger partial charge in [0, 0.05) is 29.1 Å². The number of fused-ring (bicyclic) bond motifs is 1. The van der Waals surface area contributed by atoms with Crippen LogP contribution in [0.4, 0.5) is 5.69 Å². The zero-order chi connectivity index (χ0) is 24.8. The number of aliphatic carboxylic acids is 2. The first-order valence-corrected chi connectivity index (χ1v) is 11.0. The van der Waals surface area contributed by atoms with E-state index < -0.39 is 23.3 Å². The molecule has 0 fully saturated rings. The Bertz CT molecular complexity index is 1420. The predicted octanol–water partition coefficient (Wildman–Crippen LogP) is 4.83. The minimum atomic E-state index is -2.40. The van der Waals surface area contributed by atoms with Gasteiger partial charge < -0.3 is 15.9 Å². The Morgan fingerprint density at radius 3 is 2.29 bits per heavy atom. The summed E-state index contributed by atoms with van der Waals surface area (Å²) in [5.74, 6) is -3.39. The van der Waals surface area contributed by atoms with Crippen LogP contribution in [0.25, 0.3) is 16.7 Å². The number of rotatable bonds is 6. The number of nitrogens with two attached hydrogens (primary N) is 1. The van der Waals surface area contributed by atoms with Gasteiger partial charge in [0.2, 0.25) is 0 Å². The number of nitrogen functional groups attached to an aromatic ring is 1. The van der Waals surface area contributed by atoms with Crippen LogP contribution in [0.3, 0.4) is 0 Å². The summed E-state index contributed by atoms with van der Waals surface area (Å²) < 4.78 is 1.93. The van der Waals surface area contributed by atoms with Crippen LogP contribution in [-0.2, 0) is 15.0 Å². The van der Waals surface area contributed by atoms with E-state index in [1.165, 1.54) is 19.1 Å². The summed E-state index contributed by atoms with van der Waals surface area (Å²) in [7, 11) is 0. The summed E-state index contributed by atoms with van der Waals surface area (Å²) in [6, 6.07) is 11.3. The molecule has 0 aliphatic heterocycles. The van der Waals surface area contributed by atoms with E-state index in [-0.39, 0.29) is 21.3 Å². The van der Waals surface area contributed by atoms with Gasteiger partial charge in [-0.15, -0.1) is 0 Å². The maximum absolute atomic E-state index is 12.5. The van der Waals surface area contributed by atoms with Crippen LogP contribution in [0.15, 0.2) is 54.9 Å². The van der Waals surface area contributed by atoms with Gasteiger partial charge in [0.25, 0.3) is 0 Å². The lowest BCUT2D eigenvalue weighted by Gasteiger charge is -2.33. The van der Waals surface area contributed by atoms with Gasteiger partial charge in [0.1, 0.15) is 11.3 Å². The number of hydrogen-bond donors (Lipinski definition) is 3. The van der Waals surface area contributed by atoms with Crippen LogP contribution in [-0.4, -0.2) is 36.7 Å². The number of nitrogens with zero attached hydrogens (tertiary/aromatic N) is 3. The molecule has 0 spiro atoms. The van der Waals surface area contributed by atoms with Gasteiger partial charge in [0.15, 0.2) is 5.41 Å². The van der Waals surface area contributed by atoms with Crippen molar-refractivity contribution >= 4 is 51.9 Å². The van der Waals surface area contributed by atoms with Crippen molar-refractivity contribution in [2.45, 2.75) is 25.2 Å². The maximum atomic E-state index is 12.5. The van der Waals surface area contributed by atoms with E-state index in [0.29, 0.717) is 5.56 Å². The molecule has 0 saturated heterocycles. The van der Waals surface area contributed by atoms with Crippen molar-refractivity contribution < 1.29 is 19.8 Å². The Morgan fingerprint density at radius 2 is 1.68 bits per heavy atom. The minimum Gasteiger partial charge on any atom is -0.480 e. The molecule has 4 N–H and O–H groups in total. The molecule has 2 aromatic heterocycles. The number of pyridine rings is 1. The van der Waals surface area contributed by atoms with Crippen molar-refractivity contribution in [3.63, 3.8) is 0 Å². The molecule has 2 heterocycles. The van der Waals surface area contributed by atoms with E-state index in [1.807, 2.05) is 17.6 Å². The molecule has 10 heteroatoms. The zero-order valence-corrected chi connectivity index (χ0v) is 19.7. The number of anilines is 1. The van der Waals surface area contributed by atoms with Gasteiger partial charge in [-0.2, -0.15) is 0 Å².